The van der Waals surface area contributed by atoms with E-state index in [0.29, 0.717) is 4.90 Å². The van der Waals surface area contributed by atoms with Crippen LogP contribution >= 0.6 is 27.7 Å². The summed E-state index contributed by atoms with van der Waals surface area (Å²) >= 11 is 5.17. The largest absolute Gasteiger partial charge is 0.224 e. The first kappa shape index (κ1) is 26.5. The van der Waals surface area contributed by atoms with Gasteiger partial charge in [-0.2, -0.15) is 11.8 Å². The third-order valence-corrected chi connectivity index (χ3v) is 9.40. The monoisotopic (exact) mass is 524 g/mol. The summed E-state index contributed by atoms with van der Waals surface area (Å²) in [5.41, 5.74) is 1.10. The summed E-state index contributed by atoms with van der Waals surface area (Å²) in [6.45, 7) is 2.26. The van der Waals surface area contributed by atoms with Gasteiger partial charge in [-0.25, -0.2) is 8.42 Å². The average Bonchev–Trinajstić information content (AvgIpc) is 2.77. The minimum atomic E-state index is -3.33. The Balaban J connectivity index is 1.79. The van der Waals surface area contributed by atoms with Crippen LogP contribution in [-0.2, 0) is 9.84 Å². The molecule has 0 saturated carbocycles. The van der Waals surface area contributed by atoms with Crippen LogP contribution in [0.3, 0.4) is 0 Å². The molecular weight excluding hydrogens is 488 g/mol. The molecule has 1 atom stereocenters. The fourth-order valence-electron chi connectivity index (χ4n) is 3.66. The van der Waals surface area contributed by atoms with E-state index >= 15 is 0 Å². The predicted molar refractivity (Wildman–Crippen MR) is 140 cm³/mol. The molecule has 0 bridgehead atoms. The Labute approximate surface area is 202 Å². The van der Waals surface area contributed by atoms with Crippen LogP contribution in [0.1, 0.15) is 81.9 Å². The zero-order chi connectivity index (χ0) is 22.4. The summed E-state index contributed by atoms with van der Waals surface area (Å²) < 4.78 is 26.9. The molecule has 2 rings (SSSR count). The molecule has 0 fully saturated rings. The van der Waals surface area contributed by atoms with Gasteiger partial charge in [0.15, 0.2) is 9.84 Å². The maximum Gasteiger partial charge on any atom is 0.179 e. The van der Waals surface area contributed by atoms with Gasteiger partial charge in [-0.05, 0) is 42.0 Å². The molecule has 0 unspecified atom stereocenters. The number of rotatable bonds is 16. The highest BCUT2D eigenvalue weighted by Crippen LogP contribution is 2.33. The van der Waals surface area contributed by atoms with Crippen molar-refractivity contribution < 1.29 is 8.42 Å². The molecule has 0 aliphatic carbocycles. The standard InChI is InChI=1S/C26H37BrO2S2/c1-2-3-4-5-6-7-8-9-10-14-21-30-26(23-15-12-11-13-16-23)22-31(28,29)25-19-17-24(27)18-20-25/h11-13,15-20,26H,2-10,14,21-22H2,1H3/t26-/m0/s1. The van der Waals surface area contributed by atoms with Crippen molar-refractivity contribution in [2.45, 2.75) is 81.3 Å². The van der Waals surface area contributed by atoms with Gasteiger partial charge < -0.3 is 0 Å². The summed E-state index contributed by atoms with van der Waals surface area (Å²) in [4.78, 5) is 0.399. The highest BCUT2D eigenvalue weighted by atomic mass is 79.9. The summed E-state index contributed by atoms with van der Waals surface area (Å²) in [5, 5.41) is -0.0339. The van der Waals surface area contributed by atoms with E-state index in [-0.39, 0.29) is 11.0 Å². The Kier molecular flexibility index (Phi) is 12.9. The minimum Gasteiger partial charge on any atom is -0.224 e. The van der Waals surface area contributed by atoms with E-state index in [1.165, 1.54) is 57.8 Å². The van der Waals surface area contributed by atoms with Crippen molar-refractivity contribution in [1.82, 2.24) is 0 Å². The van der Waals surface area contributed by atoms with Crippen molar-refractivity contribution in [2.24, 2.45) is 0 Å². The Morgan fingerprint density at radius 1 is 0.774 bits per heavy atom. The molecule has 31 heavy (non-hydrogen) atoms. The minimum absolute atomic E-state index is 0.0339. The summed E-state index contributed by atoms with van der Waals surface area (Å²) in [6.07, 6.45) is 13.2. The Hall–Kier alpha value is -0.780. The molecule has 5 heteroatoms. The topological polar surface area (TPSA) is 34.1 Å². The third-order valence-electron chi connectivity index (χ3n) is 5.53. The second kappa shape index (κ2) is 15.1. The van der Waals surface area contributed by atoms with E-state index in [2.05, 4.69) is 22.9 Å². The van der Waals surface area contributed by atoms with E-state index in [1.807, 2.05) is 30.3 Å². The van der Waals surface area contributed by atoms with Crippen molar-refractivity contribution in [1.29, 1.82) is 0 Å². The first-order valence-corrected chi connectivity index (χ1v) is 15.2. The Morgan fingerprint density at radius 3 is 1.90 bits per heavy atom. The second-order valence-electron chi connectivity index (χ2n) is 8.19. The lowest BCUT2D eigenvalue weighted by Gasteiger charge is -2.17. The molecule has 0 spiro atoms. The van der Waals surface area contributed by atoms with E-state index < -0.39 is 9.84 Å². The molecular formula is C26H37BrO2S2. The van der Waals surface area contributed by atoms with Gasteiger partial charge in [-0.3, -0.25) is 0 Å². The molecule has 0 amide bonds. The number of thioether (sulfide) groups is 1. The molecule has 0 saturated heterocycles. The molecule has 0 aliphatic rings. The maximum atomic E-state index is 13.0. The van der Waals surface area contributed by atoms with E-state index in [0.717, 1.165) is 22.2 Å². The van der Waals surface area contributed by atoms with Gasteiger partial charge in [0.1, 0.15) is 0 Å². The summed E-state index contributed by atoms with van der Waals surface area (Å²) in [5.74, 6) is 1.15. The molecule has 0 heterocycles. The molecule has 2 aromatic rings. The van der Waals surface area contributed by atoms with Gasteiger partial charge in [-0.1, -0.05) is 111 Å². The van der Waals surface area contributed by atoms with Gasteiger partial charge >= 0.3 is 0 Å². The van der Waals surface area contributed by atoms with E-state index in [1.54, 1.807) is 36.0 Å². The lowest BCUT2D eigenvalue weighted by molar-refractivity contribution is 0.563. The lowest BCUT2D eigenvalue weighted by atomic mass is 10.1. The number of sulfone groups is 1. The van der Waals surface area contributed by atoms with Crippen LogP contribution in [0.4, 0.5) is 0 Å². The number of halogens is 1. The second-order valence-corrected chi connectivity index (χ2v) is 12.4. The SMILES string of the molecule is CCCCCCCCCCCCS[C@@H](CS(=O)(=O)c1ccc(Br)cc1)c1ccccc1. The van der Waals surface area contributed by atoms with Crippen LogP contribution < -0.4 is 0 Å². The van der Waals surface area contributed by atoms with Gasteiger partial charge in [0.05, 0.1) is 10.6 Å². The third kappa shape index (κ3) is 10.6. The molecule has 172 valence electrons. The Bertz CT molecular complexity index is 820. The predicted octanol–water partition coefficient (Wildman–Crippen LogP) is 8.62. The van der Waals surface area contributed by atoms with E-state index in [9.17, 15) is 8.42 Å². The molecule has 0 N–H and O–H groups in total. The molecule has 0 radical (unpaired) electrons. The highest BCUT2D eigenvalue weighted by Gasteiger charge is 2.23. The van der Waals surface area contributed by atoms with E-state index in [4.69, 9.17) is 0 Å². The van der Waals surface area contributed by atoms with Crippen LogP contribution in [0.25, 0.3) is 0 Å². The summed E-state index contributed by atoms with van der Waals surface area (Å²) in [7, 11) is -3.33. The average molecular weight is 526 g/mol. The van der Waals surface area contributed by atoms with Crippen LogP contribution in [0.2, 0.25) is 0 Å². The number of hydrogen-bond donors (Lipinski definition) is 0. The Morgan fingerprint density at radius 2 is 1.32 bits per heavy atom. The van der Waals surface area contributed by atoms with Crippen molar-refractivity contribution >= 4 is 37.5 Å². The van der Waals surface area contributed by atoms with Crippen molar-refractivity contribution in [2.75, 3.05) is 11.5 Å². The number of hydrogen-bond acceptors (Lipinski definition) is 3. The van der Waals surface area contributed by atoms with Crippen LogP contribution in [0.5, 0.6) is 0 Å². The maximum absolute atomic E-state index is 13.0. The van der Waals surface area contributed by atoms with Gasteiger partial charge in [0.25, 0.3) is 0 Å². The first-order valence-electron chi connectivity index (χ1n) is 11.7. The van der Waals surface area contributed by atoms with Gasteiger partial charge in [-0.15, -0.1) is 0 Å². The normalized spacial score (nSPS) is 12.7. The first-order chi connectivity index (χ1) is 15.0. The van der Waals surface area contributed by atoms with Crippen LogP contribution in [-0.4, -0.2) is 19.9 Å². The van der Waals surface area contributed by atoms with Crippen LogP contribution in [0, 0.1) is 0 Å². The summed E-state index contributed by atoms with van der Waals surface area (Å²) in [6, 6.07) is 17.0. The fraction of sp³-hybridized carbons (Fsp3) is 0.538. The number of benzene rings is 2. The zero-order valence-electron chi connectivity index (χ0n) is 18.8. The fourth-order valence-corrected chi connectivity index (χ4v) is 7.19. The quantitative estimate of drug-likeness (QED) is 0.206. The molecule has 2 aromatic carbocycles. The lowest BCUT2D eigenvalue weighted by Crippen LogP contribution is -2.13. The van der Waals surface area contributed by atoms with Gasteiger partial charge in [0, 0.05) is 9.72 Å². The smallest absolute Gasteiger partial charge is 0.179 e. The molecule has 0 aliphatic heterocycles. The van der Waals surface area contributed by atoms with Gasteiger partial charge in [0.2, 0.25) is 0 Å². The van der Waals surface area contributed by atoms with Crippen molar-refractivity contribution in [3.05, 3.63) is 64.6 Å². The van der Waals surface area contributed by atoms with Crippen molar-refractivity contribution in [3.63, 3.8) is 0 Å². The van der Waals surface area contributed by atoms with Crippen molar-refractivity contribution in [3.8, 4) is 0 Å². The van der Waals surface area contributed by atoms with Crippen LogP contribution in [0.15, 0.2) is 64.0 Å². The number of unbranched alkanes of at least 4 members (excludes halogenated alkanes) is 9. The molecule has 2 nitrogen and oxygen atoms in total. The zero-order valence-corrected chi connectivity index (χ0v) is 22.0. The molecule has 0 aromatic heterocycles. The highest BCUT2D eigenvalue weighted by molar-refractivity contribution is 9.10.